The van der Waals surface area contributed by atoms with E-state index in [4.69, 9.17) is 14.2 Å². The third kappa shape index (κ3) is 1.80. The number of aldehydes is 1. The van der Waals surface area contributed by atoms with E-state index in [9.17, 15) is 4.79 Å². The minimum absolute atomic E-state index is 0.348. The van der Waals surface area contributed by atoms with Crippen LogP contribution in [0.1, 0.15) is 15.9 Å². The topological polar surface area (TPSA) is 44.8 Å². The Bertz CT molecular complexity index is 373. The zero-order chi connectivity index (χ0) is 10.7. The second kappa shape index (κ2) is 4.31. The second-order valence-corrected chi connectivity index (χ2v) is 3.21. The van der Waals surface area contributed by atoms with Crippen molar-refractivity contribution in [2.45, 2.75) is 6.61 Å². The first kappa shape index (κ1) is 9.98. The molecule has 1 aromatic rings. The fourth-order valence-electron chi connectivity index (χ4n) is 1.59. The minimum Gasteiger partial charge on any atom is -0.486 e. The van der Waals surface area contributed by atoms with Crippen molar-refractivity contribution in [2.75, 3.05) is 20.3 Å². The van der Waals surface area contributed by atoms with Crippen LogP contribution < -0.4 is 9.47 Å². The zero-order valence-electron chi connectivity index (χ0n) is 8.49. The Kier molecular flexibility index (Phi) is 2.87. The molecule has 0 unspecified atom stereocenters. The fraction of sp³-hybridized carbons (Fsp3) is 0.364. The van der Waals surface area contributed by atoms with Crippen LogP contribution in [0, 0.1) is 0 Å². The number of carbonyl (C=O) groups is 1. The largest absolute Gasteiger partial charge is 0.486 e. The van der Waals surface area contributed by atoms with E-state index in [1.807, 2.05) is 0 Å². The molecule has 0 radical (unpaired) electrons. The first-order chi connectivity index (χ1) is 7.36. The van der Waals surface area contributed by atoms with Gasteiger partial charge in [-0.25, -0.2) is 0 Å². The molecule has 2 rings (SSSR count). The highest BCUT2D eigenvalue weighted by molar-refractivity contribution is 5.79. The van der Waals surface area contributed by atoms with Gasteiger partial charge in [-0.05, 0) is 12.1 Å². The van der Waals surface area contributed by atoms with Crippen LogP contribution in [0.5, 0.6) is 11.5 Å². The van der Waals surface area contributed by atoms with Crippen molar-refractivity contribution in [3.05, 3.63) is 23.3 Å². The van der Waals surface area contributed by atoms with Crippen molar-refractivity contribution in [2.24, 2.45) is 0 Å². The number of hydrogen-bond donors (Lipinski definition) is 0. The predicted octanol–water partition coefficient (Wildman–Crippen LogP) is 1.42. The Hall–Kier alpha value is -1.55. The van der Waals surface area contributed by atoms with E-state index in [1.54, 1.807) is 19.2 Å². The zero-order valence-corrected chi connectivity index (χ0v) is 8.49. The van der Waals surface area contributed by atoms with Crippen LogP contribution in [0.15, 0.2) is 12.1 Å². The molecule has 1 aliphatic heterocycles. The van der Waals surface area contributed by atoms with Crippen molar-refractivity contribution in [3.63, 3.8) is 0 Å². The van der Waals surface area contributed by atoms with Crippen LogP contribution >= 0.6 is 0 Å². The summed E-state index contributed by atoms with van der Waals surface area (Å²) in [6, 6.07) is 3.46. The van der Waals surface area contributed by atoms with E-state index in [0.29, 0.717) is 36.9 Å². The molecule has 0 N–H and O–H groups in total. The fourth-order valence-corrected chi connectivity index (χ4v) is 1.59. The molecule has 4 heteroatoms. The maximum atomic E-state index is 10.8. The summed E-state index contributed by atoms with van der Waals surface area (Å²) in [6.45, 7) is 1.40. The second-order valence-electron chi connectivity index (χ2n) is 3.21. The molecule has 1 aliphatic rings. The van der Waals surface area contributed by atoms with Gasteiger partial charge in [-0.15, -0.1) is 0 Å². The smallest absolute Gasteiger partial charge is 0.167 e. The van der Waals surface area contributed by atoms with Crippen LogP contribution in [0.3, 0.4) is 0 Å². The van der Waals surface area contributed by atoms with E-state index in [-0.39, 0.29) is 0 Å². The molecule has 0 bridgehead atoms. The number of fused-ring (bicyclic) bond motifs is 1. The highest BCUT2D eigenvalue weighted by Crippen LogP contribution is 2.35. The Morgan fingerprint density at radius 3 is 2.93 bits per heavy atom. The van der Waals surface area contributed by atoms with Gasteiger partial charge >= 0.3 is 0 Å². The molecular formula is C11H12O4. The number of hydrogen-bond acceptors (Lipinski definition) is 4. The highest BCUT2D eigenvalue weighted by Gasteiger charge is 2.18. The maximum absolute atomic E-state index is 10.8. The van der Waals surface area contributed by atoms with E-state index in [2.05, 4.69) is 0 Å². The lowest BCUT2D eigenvalue weighted by molar-refractivity contribution is 0.111. The summed E-state index contributed by atoms with van der Waals surface area (Å²) in [6.07, 6.45) is 0.798. The normalized spacial score (nSPS) is 13.7. The van der Waals surface area contributed by atoms with Gasteiger partial charge in [-0.1, -0.05) is 0 Å². The summed E-state index contributed by atoms with van der Waals surface area (Å²) in [4.78, 5) is 10.8. The van der Waals surface area contributed by atoms with Gasteiger partial charge in [-0.2, -0.15) is 0 Å². The molecule has 0 fully saturated rings. The van der Waals surface area contributed by atoms with Gasteiger partial charge in [-0.3, -0.25) is 4.79 Å². The lowest BCUT2D eigenvalue weighted by Crippen LogP contribution is -2.17. The van der Waals surface area contributed by atoms with E-state index in [1.165, 1.54) is 0 Å². The number of rotatable bonds is 3. The van der Waals surface area contributed by atoms with Crippen molar-refractivity contribution >= 4 is 6.29 Å². The monoisotopic (exact) mass is 208 g/mol. The predicted molar refractivity (Wildman–Crippen MR) is 53.5 cm³/mol. The first-order valence-electron chi connectivity index (χ1n) is 4.72. The molecule has 1 heterocycles. The van der Waals surface area contributed by atoms with Crippen molar-refractivity contribution in [3.8, 4) is 11.5 Å². The van der Waals surface area contributed by atoms with Crippen molar-refractivity contribution in [1.82, 2.24) is 0 Å². The number of benzene rings is 1. The molecule has 0 spiro atoms. The van der Waals surface area contributed by atoms with Crippen LogP contribution in [-0.2, 0) is 11.3 Å². The van der Waals surface area contributed by atoms with E-state index >= 15 is 0 Å². The molecule has 0 atom stereocenters. The van der Waals surface area contributed by atoms with Crippen molar-refractivity contribution in [1.29, 1.82) is 0 Å². The average molecular weight is 208 g/mol. The lowest BCUT2D eigenvalue weighted by Gasteiger charge is -2.21. The van der Waals surface area contributed by atoms with Gasteiger partial charge in [0.05, 0.1) is 6.61 Å². The molecule has 4 nitrogen and oxygen atoms in total. The van der Waals surface area contributed by atoms with Crippen LogP contribution in [0.2, 0.25) is 0 Å². The number of ether oxygens (including phenoxy) is 3. The summed E-state index contributed by atoms with van der Waals surface area (Å²) in [5, 5.41) is 0. The Labute approximate surface area is 87.8 Å². The van der Waals surface area contributed by atoms with Gasteiger partial charge in [0.1, 0.15) is 13.2 Å². The minimum atomic E-state index is 0.348. The summed E-state index contributed by atoms with van der Waals surface area (Å²) < 4.78 is 15.9. The molecule has 0 amide bonds. The quantitative estimate of drug-likeness (QED) is 0.704. The van der Waals surface area contributed by atoms with Crippen LogP contribution in [0.25, 0.3) is 0 Å². The summed E-state index contributed by atoms with van der Waals surface area (Å²) >= 11 is 0. The number of methoxy groups -OCH3 is 1. The highest BCUT2D eigenvalue weighted by atomic mass is 16.6. The molecule has 15 heavy (non-hydrogen) atoms. The third-order valence-electron chi connectivity index (χ3n) is 2.26. The van der Waals surface area contributed by atoms with Gasteiger partial charge in [0, 0.05) is 18.2 Å². The molecule has 1 aromatic carbocycles. The first-order valence-corrected chi connectivity index (χ1v) is 4.72. The van der Waals surface area contributed by atoms with Gasteiger partial charge < -0.3 is 14.2 Å². The lowest BCUT2D eigenvalue weighted by atomic mass is 10.1. The molecular weight excluding hydrogens is 196 g/mol. The maximum Gasteiger partial charge on any atom is 0.167 e. The summed E-state index contributed by atoms with van der Waals surface area (Å²) in [5.41, 5.74) is 1.34. The SMILES string of the molecule is COCc1c(C=O)ccc2c1OCCO2. The Morgan fingerprint density at radius 1 is 1.40 bits per heavy atom. The van der Waals surface area contributed by atoms with Crippen LogP contribution in [-0.4, -0.2) is 26.6 Å². The summed E-state index contributed by atoms with van der Waals surface area (Å²) in [7, 11) is 1.58. The molecule has 0 aromatic heterocycles. The molecule has 0 aliphatic carbocycles. The van der Waals surface area contributed by atoms with Crippen LogP contribution in [0.4, 0.5) is 0 Å². The summed E-state index contributed by atoms with van der Waals surface area (Å²) in [5.74, 6) is 1.31. The van der Waals surface area contributed by atoms with E-state index < -0.39 is 0 Å². The van der Waals surface area contributed by atoms with Gasteiger partial charge in [0.15, 0.2) is 17.8 Å². The van der Waals surface area contributed by atoms with Crippen molar-refractivity contribution < 1.29 is 19.0 Å². The third-order valence-corrected chi connectivity index (χ3v) is 2.26. The Morgan fingerprint density at radius 2 is 2.20 bits per heavy atom. The van der Waals surface area contributed by atoms with Gasteiger partial charge in [0.2, 0.25) is 0 Å². The average Bonchev–Trinajstić information content (AvgIpc) is 2.30. The Balaban J connectivity index is 2.48. The van der Waals surface area contributed by atoms with E-state index in [0.717, 1.165) is 11.8 Å². The van der Waals surface area contributed by atoms with Gasteiger partial charge in [0.25, 0.3) is 0 Å². The number of carbonyl (C=O) groups excluding carboxylic acids is 1. The molecule has 0 saturated carbocycles. The molecule has 0 saturated heterocycles. The molecule has 80 valence electrons. The standard InChI is InChI=1S/C11H12O4/c1-13-7-9-8(6-12)2-3-10-11(9)15-5-4-14-10/h2-3,6H,4-5,7H2,1H3.